The number of phenols is 1. The zero-order valence-electron chi connectivity index (χ0n) is 9.65. The van der Waals surface area contributed by atoms with Gasteiger partial charge >= 0.3 is 0 Å². The van der Waals surface area contributed by atoms with Crippen molar-refractivity contribution in [2.75, 3.05) is 5.32 Å². The Bertz CT molecular complexity index is 560. The number of anilines is 1. The average molecular weight is 247 g/mol. The number of rotatable bonds is 2. The zero-order valence-corrected chi connectivity index (χ0v) is 10.5. The number of thiophene rings is 1. The fraction of sp³-hybridized carbons (Fsp3) is 0.154. The minimum atomic E-state index is -0.146. The molecule has 1 aromatic carbocycles. The van der Waals surface area contributed by atoms with E-state index in [1.165, 1.54) is 11.3 Å². The van der Waals surface area contributed by atoms with Crippen molar-refractivity contribution in [2.24, 2.45) is 0 Å². The van der Waals surface area contributed by atoms with Crippen LogP contribution in [-0.2, 0) is 0 Å². The third-order valence-corrected chi connectivity index (χ3v) is 3.43. The quantitative estimate of drug-likeness (QED) is 0.855. The summed E-state index contributed by atoms with van der Waals surface area (Å²) in [5.41, 5.74) is 3.03. The number of carbonyl (C=O) groups excluding carboxylic acids is 1. The highest BCUT2D eigenvalue weighted by molar-refractivity contribution is 7.08. The molecule has 1 amide bonds. The molecule has 0 radical (unpaired) electrons. The first kappa shape index (κ1) is 11.7. The van der Waals surface area contributed by atoms with E-state index in [1.54, 1.807) is 18.2 Å². The Kier molecular flexibility index (Phi) is 3.15. The van der Waals surface area contributed by atoms with Crippen LogP contribution in [0.2, 0.25) is 0 Å². The second kappa shape index (κ2) is 4.59. The van der Waals surface area contributed by atoms with Crippen molar-refractivity contribution in [2.45, 2.75) is 13.8 Å². The summed E-state index contributed by atoms with van der Waals surface area (Å²) in [6.07, 6.45) is 0. The van der Waals surface area contributed by atoms with Gasteiger partial charge in [-0.25, -0.2) is 0 Å². The van der Waals surface area contributed by atoms with E-state index in [1.807, 2.05) is 24.6 Å². The van der Waals surface area contributed by atoms with Crippen molar-refractivity contribution in [1.29, 1.82) is 0 Å². The van der Waals surface area contributed by atoms with Gasteiger partial charge in [0.05, 0.1) is 5.56 Å². The molecule has 0 aliphatic heterocycles. The lowest BCUT2D eigenvalue weighted by atomic mass is 10.2. The van der Waals surface area contributed by atoms with Crippen LogP contribution in [0.4, 0.5) is 5.69 Å². The number of hydrogen-bond acceptors (Lipinski definition) is 3. The van der Waals surface area contributed by atoms with Crippen molar-refractivity contribution >= 4 is 22.9 Å². The molecule has 2 rings (SSSR count). The Morgan fingerprint density at radius 1 is 1.24 bits per heavy atom. The molecule has 4 heteroatoms. The van der Waals surface area contributed by atoms with Gasteiger partial charge in [-0.3, -0.25) is 4.79 Å². The molecule has 0 spiro atoms. The lowest BCUT2D eigenvalue weighted by Crippen LogP contribution is -2.11. The largest absolute Gasteiger partial charge is 0.508 e. The average Bonchev–Trinajstić information content (AvgIpc) is 2.70. The zero-order chi connectivity index (χ0) is 12.4. The second-order valence-electron chi connectivity index (χ2n) is 3.92. The number of aromatic hydroxyl groups is 1. The maximum atomic E-state index is 11.9. The summed E-state index contributed by atoms with van der Waals surface area (Å²) in [5.74, 6) is 0.0387. The van der Waals surface area contributed by atoms with Crippen LogP contribution in [0.15, 0.2) is 29.0 Å². The van der Waals surface area contributed by atoms with E-state index in [0.717, 1.165) is 11.1 Å². The normalized spacial score (nSPS) is 10.2. The van der Waals surface area contributed by atoms with E-state index in [-0.39, 0.29) is 11.7 Å². The predicted octanol–water partition coefficient (Wildman–Crippen LogP) is 3.32. The Morgan fingerprint density at radius 3 is 2.59 bits per heavy atom. The molecule has 3 nitrogen and oxygen atoms in total. The van der Waals surface area contributed by atoms with Gasteiger partial charge in [-0.2, -0.15) is 11.3 Å². The van der Waals surface area contributed by atoms with Gasteiger partial charge in [0.25, 0.3) is 5.91 Å². The van der Waals surface area contributed by atoms with Crippen molar-refractivity contribution in [3.63, 3.8) is 0 Å². The maximum absolute atomic E-state index is 11.9. The van der Waals surface area contributed by atoms with Gasteiger partial charge in [0.2, 0.25) is 0 Å². The van der Waals surface area contributed by atoms with Crippen LogP contribution < -0.4 is 5.32 Å². The van der Waals surface area contributed by atoms with Crippen LogP contribution in [0.1, 0.15) is 21.5 Å². The van der Waals surface area contributed by atoms with Gasteiger partial charge in [0.15, 0.2) is 0 Å². The SMILES string of the molecule is Cc1ccc(NC(=O)c2cscc2C)cc1O. The molecule has 0 aliphatic carbocycles. The Hall–Kier alpha value is -1.81. The molecule has 2 aromatic rings. The summed E-state index contributed by atoms with van der Waals surface area (Å²) >= 11 is 1.50. The molecule has 0 aliphatic rings. The number of phenolic OH excluding ortho intramolecular Hbond substituents is 1. The molecular weight excluding hydrogens is 234 g/mol. The highest BCUT2D eigenvalue weighted by atomic mass is 32.1. The maximum Gasteiger partial charge on any atom is 0.256 e. The molecule has 1 heterocycles. The van der Waals surface area contributed by atoms with E-state index < -0.39 is 0 Å². The van der Waals surface area contributed by atoms with Crippen LogP contribution in [0.3, 0.4) is 0 Å². The number of aryl methyl sites for hydroxylation is 2. The second-order valence-corrected chi connectivity index (χ2v) is 4.67. The van der Waals surface area contributed by atoms with Crippen LogP contribution in [0.25, 0.3) is 0 Å². The van der Waals surface area contributed by atoms with Gasteiger partial charge in [0, 0.05) is 17.1 Å². The molecule has 0 bridgehead atoms. The number of amides is 1. The molecule has 2 N–H and O–H groups in total. The van der Waals surface area contributed by atoms with Gasteiger partial charge in [-0.15, -0.1) is 0 Å². The Morgan fingerprint density at radius 2 is 2.00 bits per heavy atom. The fourth-order valence-electron chi connectivity index (χ4n) is 1.48. The smallest absolute Gasteiger partial charge is 0.256 e. The molecule has 0 saturated heterocycles. The molecule has 0 unspecified atom stereocenters. The van der Waals surface area contributed by atoms with Gasteiger partial charge in [-0.1, -0.05) is 6.07 Å². The van der Waals surface area contributed by atoms with Crippen LogP contribution in [-0.4, -0.2) is 11.0 Å². The van der Waals surface area contributed by atoms with E-state index in [2.05, 4.69) is 5.32 Å². The standard InChI is InChI=1S/C13H13NO2S/c1-8-3-4-10(5-12(8)15)14-13(16)11-7-17-6-9(11)2/h3-7,15H,1-2H3,(H,14,16). The Labute approximate surface area is 104 Å². The Balaban J connectivity index is 2.19. The molecule has 0 fully saturated rings. The highest BCUT2D eigenvalue weighted by Crippen LogP contribution is 2.22. The lowest BCUT2D eigenvalue weighted by molar-refractivity contribution is 0.102. The summed E-state index contributed by atoms with van der Waals surface area (Å²) in [6.45, 7) is 3.71. The molecule has 88 valence electrons. The topological polar surface area (TPSA) is 49.3 Å². The van der Waals surface area contributed by atoms with Crippen molar-refractivity contribution in [3.05, 3.63) is 45.6 Å². The third-order valence-electron chi connectivity index (χ3n) is 2.57. The summed E-state index contributed by atoms with van der Waals surface area (Å²) in [5, 5.41) is 16.1. The number of nitrogens with one attached hydrogen (secondary N) is 1. The van der Waals surface area contributed by atoms with Gasteiger partial charge in [0.1, 0.15) is 5.75 Å². The van der Waals surface area contributed by atoms with Gasteiger partial charge < -0.3 is 10.4 Å². The van der Waals surface area contributed by atoms with E-state index >= 15 is 0 Å². The predicted molar refractivity (Wildman–Crippen MR) is 69.9 cm³/mol. The fourth-order valence-corrected chi connectivity index (χ4v) is 2.31. The van der Waals surface area contributed by atoms with Crippen LogP contribution in [0, 0.1) is 13.8 Å². The van der Waals surface area contributed by atoms with Crippen LogP contribution in [0.5, 0.6) is 5.75 Å². The first-order valence-corrected chi connectivity index (χ1v) is 6.16. The van der Waals surface area contributed by atoms with E-state index in [0.29, 0.717) is 11.3 Å². The van der Waals surface area contributed by atoms with Crippen molar-refractivity contribution < 1.29 is 9.90 Å². The minimum absolute atomic E-state index is 0.146. The first-order valence-electron chi connectivity index (χ1n) is 5.21. The van der Waals surface area contributed by atoms with Crippen molar-refractivity contribution in [1.82, 2.24) is 0 Å². The number of hydrogen-bond donors (Lipinski definition) is 2. The lowest BCUT2D eigenvalue weighted by Gasteiger charge is -2.06. The minimum Gasteiger partial charge on any atom is -0.508 e. The summed E-state index contributed by atoms with van der Waals surface area (Å²) < 4.78 is 0. The van der Waals surface area contributed by atoms with E-state index in [9.17, 15) is 9.90 Å². The summed E-state index contributed by atoms with van der Waals surface area (Å²) in [6, 6.07) is 5.09. The molecule has 17 heavy (non-hydrogen) atoms. The summed E-state index contributed by atoms with van der Waals surface area (Å²) in [4.78, 5) is 11.9. The number of benzene rings is 1. The van der Waals surface area contributed by atoms with Gasteiger partial charge in [-0.05, 0) is 36.4 Å². The monoisotopic (exact) mass is 247 g/mol. The van der Waals surface area contributed by atoms with E-state index in [4.69, 9.17) is 0 Å². The molecular formula is C13H13NO2S. The molecule has 0 saturated carbocycles. The molecule has 0 atom stereocenters. The number of carbonyl (C=O) groups is 1. The molecule has 1 aromatic heterocycles. The van der Waals surface area contributed by atoms with Crippen LogP contribution >= 0.6 is 11.3 Å². The third kappa shape index (κ3) is 2.47. The summed E-state index contributed by atoms with van der Waals surface area (Å²) in [7, 11) is 0. The first-order chi connectivity index (χ1) is 8.08. The highest BCUT2D eigenvalue weighted by Gasteiger charge is 2.10. The van der Waals surface area contributed by atoms with Crippen molar-refractivity contribution in [3.8, 4) is 5.75 Å².